The van der Waals surface area contributed by atoms with Gasteiger partial charge in [-0.1, -0.05) is 12.1 Å². The van der Waals surface area contributed by atoms with Crippen molar-refractivity contribution in [2.45, 2.75) is 33.2 Å². The summed E-state index contributed by atoms with van der Waals surface area (Å²) in [6.45, 7) is 6.23. The molecule has 1 saturated carbocycles. The zero-order valence-electron chi connectivity index (χ0n) is 10.5. The fourth-order valence-corrected chi connectivity index (χ4v) is 2.46. The summed E-state index contributed by atoms with van der Waals surface area (Å²) >= 11 is 0. The number of aryl methyl sites for hydroxylation is 1. The van der Waals surface area contributed by atoms with E-state index in [1.807, 2.05) is 6.07 Å². The molecule has 0 saturated heterocycles. The first kappa shape index (κ1) is 12.1. The second-order valence-corrected chi connectivity index (χ2v) is 5.09. The van der Waals surface area contributed by atoms with Gasteiger partial charge < -0.3 is 10.8 Å². The molecule has 17 heavy (non-hydrogen) atoms. The van der Waals surface area contributed by atoms with Crippen molar-refractivity contribution >= 4 is 5.97 Å². The van der Waals surface area contributed by atoms with Gasteiger partial charge in [0.15, 0.2) is 0 Å². The highest BCUT2D eigenvalue weighted by molar-refractivity contribution is 5.73. The summed E-state index contributed by atoms with van der Waals surface area (Å²) in [7, 11) is 0. The Morgan fingerprint density at radius 1 is 1.35 bits per heavy atom. The Hall–Kier alpha value is -1.35. The molecule has 0 aromatic heterocycles. The number of aliphatic carboxylic acids is 1. The van der Waals surface area contributed by atoms with Gasteiger partial charge in [0, 0.05) is 6.04 Å². The van der Waals surface area contributed by atoms with Crippen LogP contribution in [0.5, 0.6) is 0 Å². The first-order valence-electron chi connectivity index (χ1n) is 5.98. The van der Waals surface area contributed by atoms with Crippen LogP contribution in [0.1, 0.15) is 34.7 Å². The van der Waals surface area contributed by atoms with E-state index in [-0.39, 0.29) is 17.9 Å². The van der Waals surface area contributed by atoms with Gasteiger partial charge in [0.05, 0.1) is 5.92 Å². The van der Waals surface area contributed by atoms with Crippen molar-refractivity contribution in [3.8, 4) is 0 Å². The maximum Gasteiger partial charge on any atom is 0.306 e. The topological polar surface area (TPSA) is 63.3 Å². The first-order valence-corrected chi connectivity index (χ1v) is 5.98. The molecular formula is C14H19NO2. The minimum Gasteiger partial charge on any atom is -0.481 e. The maximum atomic E-state index is 10.9. The van der Waals surface area contributed by atoms with Crippen LogP contribution in [-0.4, -0.2) is 11.1 Å². The molecule has 1 aliphatic rings. The fraction of sp³-hybridized carbons (Fsp3) is 0.500. The molecule has 1 aromatic carbocycles. The zero-order valence-corrected chi connectivity index (χ0v) is 10.5. The predicted molar refractivity (Wildman–Crippen MR) is 66.8 cm³/mol. The summed E-state index contributed by atoms with van der Waals surface area (Å²) in [6, 6.07) is 3.96. The molecule has 3 atom stereocenters. The molecule has 3 heteroatoms. The summed E-state index contributed by atoms with van der Waals surface area (Å²) in [5.74, 6) is -0.855. The van der Waals surface area contributed by atoms with Crippen molar-refractivity contribution in [3.63, 3.8) is 0 Å². The predicted octanol–water partition coefficient (Wildman–Crippen LogP) is 2.33. The summed E-state index contributed by atoms with van der Waals surface area (Å²) in [5, 5.41) is 8.93. The van der Waals surface area contributed by atoms with Crippen LogP contribution in [0.4, 0.5) is 0 Å². The van der Waals surface area contributed by atoms with Gasteiger partial charge in [-0.2, -0.15) is 0 Å². The van der Waals surface area contributed by atoms with Gasteiger partial charge in [-0.25, -0.2) is 0 Å². The van der Waals surface area contributed by atoms with Gasteiger partial charge in [0.25, 0.3) is 0 Å². The van der Waals surface area contributed by atoms with Crippen LogP contribution in [0.3, 0.4) is 0 Å². The van der Waals surface area contributed by atoms with Crippen molar-refractivity contribution in [2.75, 3.05) is 0 Å². The van der Waals surface area contributed by atoms with E-state index in [9.17, 15) is 4.79 Å². The number of hydrogen-bond acceptors (Lipinski definition) is 2. The molecule has 0 aliphatic heterocycles. The van der Waals surface area contributed by atoms with E-state index in [1.54, 1.807) is 0 Å². The van der Waals surface area contributed by atoms with E-state index >= 15 is 0 Å². The summed E-state index contributed by atoms with van der Waals surface area (Å²) in [4.78, 5) is 10.9. The highest BCUT2D eigenvalue weighted by Crippen LogP contribution is 2.47. The Morgan fingerprint density at radius 2 is 2.00 bits per heavy atom. The monoisotopic (exact) mass is 233 g/mol. The Morgan fingerprint density at radius 3 is 2.53 bits per heavy atom. The molecule has 0 heterocycles. The minimum atomic E-state index is -0.716. The highest BCUT2D eigenvalue weighted by atomic mass is 16.4. The highest BCUT2D eigenvalue weighted by Gasteiger charge is 2.47. The summed E-state index contributed by atoms with van der Waals surface area (Å²) in [6.07, 6.45) is 0.711. The molecule has 1 fully saturated rings. The van der Waals surface area contributed by atoms with Crippen LogP contribution in [-0.2, 0) is 4.79 Å². The van der Waals surface area contributed by atoms with Gasteiger partial charge in [0.1, 0.15) is 0 Å². The van der Waals surface area contributed by atoms with Crippen molar-refractivity contribution < 1.29 is 9.90 Å². The number of carboxylic acid groups (broad SMARTS) is 1. The third kappa shape index (κ3) is 2.07. The van der Waals surface area contributed by atoms with E-state index in [1.165, 1.54) is 16.7 Å². The Bertz CT molecular complexity index is 468. The molecule has 3 nitrogen and oxygen atoms in total. The summed E-state index contributed by atoms with van der Waals surface area (Å²) < 4.78 is 0. The average Bonchev–Trinajstić information content (AvgIpc) is 3.05. The van der Waals surface area contributed by atoms with Crippen LogP contribution in [0, 0.1) is 32.6 Å². The molecule has 3 unspecified atom stereocenters. The number of carboxylic acids is 1. The molecular weight excluding hydrogens is 214 g/mol. The Balaban J connectivity index is 2.24. The van der Waals surface area contributed by atoms with Crippen molar-refractivity contribution in [2.24, 2.45) is 17.6 Å². The minimum absolute atomic E-state index is 0.105. The van der Waals surface area contributed by atoms with Crippen molar-refractivity contribution in [1.82, 2.24) is 0 Å². The molecule has 1 aliphatic carbocycles. The van der Waals surface area contributed by atoms with E-state index in [4.69, 9.17) is 10.8 Å². The van der Waals surface area contributed by atoms with Crippen LogP contribution in [0.2, 0.25) is 0 Å². The lowest BCUT2D eigenvalue weighted by atomic mass is 9.92. The third-order valence-corrected chi connectivity index (χ3v) is 4.08. The second kappa shape index (κ2) is 4.15. The number of carbonyl (C=O) groups is 1. The normalized spacial score (nSPS) is 24.5. The molecule has 0 amide bonds. The Kier molecular flexibility index (Phi) is 2.96. The largest absolute Gasteiger partial charge is 0.481 e. The number of benzene rings is 1. The summed E-state index contributed by atoms with van der Waals surface area (Å²) in [5.41, 5.74) is 11.0. The van der Waals surface area contributed by atoms with Gasteiger partial charge in [-0.15, -0.1) is 0 Å². The molecule has 0 bridgehead atoms. The molecule has 3 N–H and O–H groups in total. The van der Waals surface area contributed by atoms with Gasteiger partial charge >= 0.3 is 5.97 Å². The molecule has 0 spiro atoms. The van der Waals surface area contributed by atoms with E-state index in [0.29, 0.717) is 6.42 Å². The van der Waals surface area contributed by atoms with Crippen LogP contribution in [0.25, 0.3) is 0 Å². The van der Waals surface area contributed by atoms with E-state index < -0.39 is 5.97 Å². The smallest absolute Gasteiger partial charge is 0.306 e. The van der Waals surface area contributed by atoms with Crippen molar-refractivity contribution in [1.29, 1.82) is 0 Å². The standard InChI is InChI=1S/C14H19NO2/c1-7-4-5-10(9(3)8(7)2)13(15)11-6-12(11)14(16)17/h4-5,11-13H,6,15H2,1-3H3,(H,16,17). The van der Waals surface area contributed by atoms with Gasteiger partial charge in [0.2, 0.25) is 0 Å². The number of hydrogen-bond donors (Lipinski definition) is 2. The van der Waals surface area contributed by atoms with Crippen LogP contribution < -0.4 is 5.73 Å². The first-order chi connectivity index (χ1) is 7.93. The third-order valence-electron chi connectivity index (χ3n) is 4.08. The van der Waals surface area contributed by atoms with Crippen LogP contribution >= 0.6 is 0 Å². The van der Waals surface area contributed by atoms with E-state index in [0.717, 1.165) is 5.56 Å². The van der Waals surface area contributed by atoms with E-state index in [2.05, 4.69) is 26.8 Å². The SMILES string of the molecule is Cc1ccc(C(N)C2CC2C(=O)O)c(C)c1C. The quantitative estimate of drug-likeness (QED) is 0.842. The van der Waals surface area contributed by atoms with Crippen molar-refractivity contribution in [3.05, 3.63) is 34.4 Å². The fourth-order valence-electron chi connectivity index (χ4n) is 2.46. The lowest BCUT2D eigenvalue weighted by Gasteiger charge is -2.17. The number of rotatable bonds is 3. The molecule has 92 valence electrons. The lowest BCUT2D eigenvalue weighted by Crippen LogP contribution is -2.17. The maximum absolute atomic E-state index is 10.9. The molecule has 1 aromatic rings. The molecule has 2 rings (SSSR count). The number of nitrogens with two attached hydrogens (primary N) is 1. The average molecular weight is 233 g/mol. The van der Waals surface area contributed by atoms with Gasteiger partial charge in [-0.05, 0) is 55.4 Å². The zero-order chi connectivity index (χ0) is 12.7. The molecule has 0 radical (unpaired) electrons. The lowest BCUT2D eigenvalue weighted by molar-refractivity contribution is -0.138. The van der Waals surface area contributed by atoms with Crippen LogP contribution in [0.15, 0.2) is 12.1 Å². The Labute approximate surface area is 102 Å². The van der Waals surface area contributed by atoms with Gasteiger partial charge in [-0.3, -0.25) is 4.79 Å². The second-order valence-electron chi connectivity index (χ2n) is 5.09.